The quantitative estimate of drug-likeness (QED) is 0.757. The number of aliphatic hydroxyl groups is 1. The van der Waals surface area contributed by atoms with Crippen molar-refractivity contribution in [2.24, 2.45) is 0 Å². The van der Waals surface area contributed by atoms with E-state index >= 15 is 0 Å². The number of nitrogens with zero attached hydrogens (tertiary/aromatic N) is 1. The molecule has 0 amide bonds. The molecule has 1 heterocycles. The van der Waals surface area contributed by atoms with Gasteiger partial charge in [0, 0.05) is 19.2 Å². The van der Waals surface area contributed by atoms with Crippen LogP contribution in [-0.4, -0.2) is 44.1 Å². The van der Waals surface area contributed by atoms with E-state index in [2.05, 4.69) is 0 Å². The molecule has 1 aromatic carbocycles. The van der Waals surface area contributed by atoms with Crippen LogP contribution in [0.4, 0.5) is 5.69 Å². The molecule has 0 unspecified atom stereocenters. The second kappa shape index (κ2) is 4.75. The van der Waals surface area contributed by atoms with Gasteiger partial charge in [0.05, 0.1) is 18.9 Å². The van der Waals surface area contributed by atoms with Gasteiger partial charge in [0.25, 0.3) is 0 Å². The lowest BCUT2D eigenvalue weighted by molar-refractivity contribution is 0.189. The number of benzene rings is 1. The van der Waals surface area contributed by atoms with Gasteiger partial charge in [-0.1, -0.05) is 0 Å². The van der Waals surface area contributed by atoms with Crippen LogP contribution in [0.25, 0.3) is 0 Å². The molecule has 7 heteroatoms. The Hall–Kier alpha value is -1.31. The minimum absolute atomic E-state index is 0.0531. The van der Waals surface area contributed by atoms with Gasteiger partial charge in [-0.3, -0.25) is 0 Å². The lowest BCUT2D eigenvalue weighted by atomic mass is 10.3. The third-order valence-electron chi connectivity index (χ3n) is 2.96. The highest BCUT2D eigenvalue weighted by Gasteiger charge is 2.32. The monoisotopic (exact) mass is 272 g/mol. The summed E-state index contributed by atoms with van der Waals surface area (Å²) in [5.74, 6) is 0.507. The summed E-state index contributed by atoms with van der Waals surface area (Å²) in [5, 5.41) is 9.40. The molecule has 1 atom stereocenters. The second-order valence-electron chi connectivity index (χ2n) is 4.21. The Morgan fingerprint density at radius 3 is 2.72 bits per heavy atom. The van der Waals surface area contributed by atoms with E-state index in [-0.39, 0.29) is 17.1 Å². The van der Waals surface area contributed by atoms with E-state index in [1.54, 1.807) is 6.07 Å². The van der Waals surface area contributed by atoms with Crippen molar-refractivity contribution >= 4 is 15.7 Å². The Kier molecular flexibility index (Phi) is 3.47. The molecule has 0 aliphatic carbocycles. The summed E-state index contributed by atoms with van der Waals surface area (Å²) in [5.41, 5.74) is 5.89. The largest absolute Gasteiger partial charge is 0.497 e. The van der Waals surface area contributed by atoms with E-state index in [9.17, 15) is 13.5 Å². The molecule has 0 saturated carbocycles. The van der Waals surface area contributed by atoms with Crippen LogP contribution in [0.15, 0.2) is 23.1 Å². The topological polar surface area (TPSA) is 92.9 Å². The van der Waals surface area contributed by atoms with Crippen LogP contribution >= 0.6 is 0 Å². The fourth-order valence-electron chi connectivity index (χ4n) is 1.96. The average molecular weight is 272 g/mol. The summed E-state index contributed by atoms with van der Waals surface area (Å²) in [6, 6.07) is 4.45. The number of anilines is 1. The lowest BCUT2D eigenvalue weighted by Gasteiger charge is -2.17. The van der Waals surface area contributed by atoms with Gasteiger partial charge in [0.2, 0.25) is 10.0 Å². The molecule has 1 aromatic rings. The molecule has 1 aliphatic rings. The molecule has 18 heavy (non-hydrogen) atoms. The lowest BCUT2D eigenvalue weighted by Crippen LogP contribution is -2.30. The van der Waals surface area contributed by atoms with E-state index in [1.165, 1.54) is 23.5 Å². The summed E-state index contributed by atoms with van der Waals surface area (Å²) in [6.07, 6.45) is -0.144. The van der Waals surface area contributed by atoms with Crippen LogP contribution < -0.4 is 10.5 Å². The fraction of sp³-hybridized carbons (Fsp3) is 0.455. The number of methoxy groups -OCH3 is 1. The van der Waals surface area contributed by atoms with Crippen molar-refractivity contribution in [1.82, 2.24) is 4.31 Å². The number of nitrogen functional groups attached to an aromatic ring is 1. The van der Waals surface area contributed by atoms with Crippen molar-refractivity contribution < 1.29 is 18.3 Å². The molecule has 1 saturated heterocycles. The normalized spacial score (nSPS) is 21.1. The summed E-state index contributed by atoms with van der Waals surface area (Å²) >= 11 is 0. The van der Waals surface area contributed by atoms with Gasteiger partial charge >= 0.3 is 0 Å². The highest BCUT2D eigenvalue weighted by atomic mass is 32.2. The van der Waals surface area contributed by atoms with Gasteiger partial charge in [-0.2, -0.15) is 4.31 Å². The molecule has 1 aliphatic heterocycles. The molecule has 2 rings (SSSR count). The molecular weight excluding hydrogens is 256 g/mol. The van der Waals surface area contributed by atoms with Crippen LogP contribution in [0.3, 0.4) is 0 Å². The number of aliphatic hydroxyl groups excluding tert-OH is 1. The minimum Gasteiger partial charge on any atom is -0.497 e. The van der Waals surface area contributed by atoms with Gasteiger partial charge < -0.3 is 15.6 Å². The third-order valence-corrected chi connectivity index (χ3v) is 4.90. The summed E-state index contributed by atoms with van der Waals surface area (Å²) in [7, 11) is -2.15. The first-order valence-electron chi connectivity index (χ1n) is 5.57. The minimum atomic E-state index is -3.63. The first-order chi connectivity index (χ1) is 8.45. The molecule has 6 nitrogen and oxygen atoms in total. The van der Waals surface area contributed by atoms with E-state index in [4.69, 9.17) is 10.5 Å². The van der Waals surface area contributed by atoms with Crippen LogP contribution in [0, 0.1) is 0 Å². The Morgan fingerprint density at radius 1 is 1.50 bits per heavy atom. The van der Waals surface area contributed by atoms with E-state index in [1.807, 2.05) is 0 Å². The number of hydrogen-bond donors (Lipinski definition) is 2. The highest BCUT2D eigenvalue weighted by Crippen LogP contribution is 2.28. The maximum Gasteiger partial charge on any atom is 0.245 e. The summed E-state index contributed by atoms with van der Waals surface area (Å²) in [6.45, 7) is 0.433. The van der Waals surface area contributed by atoms with Gasteiger partial charge in [-0.25, -0.2) is 8.42 Å². The zero-order valence-corrected chi connectivity index (χ0v) is 10.9. The maximum atomic E-state index is 12.3. The summed E-state index contributed by atoms with van der Waals surface area (Å²) < 4.78 is 30.8. The zero-order valence-electron chi connectivity index (χ0n) is 10.0. The number of β-amino-alcohol motifs (C(OH)–C–C–N with tert-alkyl or cyclic N) is 1. The van der Waals surface area contributed by atoms with E-state index in [0.29, 0.717) is 18.7 Å². The number of sulfonamides is 1. The molecule has 3 N–H and O–H groups in total. The van der Waals surface area contributed by atoms with Crippen LogP contribution in [-0.2, 0) is 10.0 Å². The Morgan fingerprint density at radius 2 is 2.22 bits per heavy atom. The number of ether oxygens (including phenoxy) is 1. The van der Waals surface area contributed by atoms with Gasteiger partial charge in [0.15, 0.2) is 0 Å². The molecule has 0 radical (unpaired) electrons. The smallest absolute Gasteiger partial charge is 0.245 e. The average Bonchev–Trinajstić information content (AvgIpc) is 2.76. The number of rotatable bonds is 3. The van der Waals surface area contributed by atoms with Crippen molar-refractivity contribution in [2.45, 2.75) is 17.4 Å². The van der Waals surface area contributed by atoms with Crippen LogP contribution in [0.5, 0.6) is 5.75 Å². The molecular formula is C11H16N2O4S. The van der Waals surface area contributed by atoms with Gasteiger partial charge in [-0.15, -0.1) is 0 Å². The van der Waals surface area contributed by atoms with Gasteiger partial charge in [0.1, 0.15) is 10.6 Å². The second-order valence-corrected chi connectivity index (χ2v) is 6.12. The van der Waals surface area contributed by atoms with Crippen LogP contribution in [0.2, 0.25) is 0 Å². The predicted molar refractivity (Wildman–Crippen MR) is 66.8 cm³/mol. The first kappa shape index (κ1) is 13.1. The van der Waals surface area contributed by atoms with Gasteiger partial charge in [-0.05, 0) is 18.6 Å². The maximum absolute atomic E-state index is 12.3. The van der Waals surface area contributed by atoms with E-state index < -0.39 is 16.1 Å². The van der Waals surface area contributed by atoms with Crippen molar-refractivity contribution in [3.8, 4) is 5.75 Å². The van der Waals surface area contributed by atoms with Crippen molar-refractivity contribution in [3.63, 3.8) is 0 Å². The standard InChI is InChI=1S/C11H16N2O4S/c1-17-9-2-3-11(10(12)6-9)18(15,16)13-5-4-8(14)7-13/h2-3,6,8,14H,4-5,7,12H2,1H3/t8-/m1/s1. The fourth-order valence-corrected chi connectivity index (χ4v) is 3.55. The molecule has 0 spiro atoms. The van der Waals surface area contributed by atoms with Crippen LogP contribution in [0.1, 0.15) is 6.42 Å². The molecule has 100 valence electrons. The predicted octanol–water partition coefficient (Wildman–Crippen LogP) is 0.0327. The molecule has 1 fully saturated rings. The van der Waals surface area contributed by atoms with Crippen molar-refractivity contribution in [2.75, 3.05) is 25.9 Å². The first-order valence-corrected chi connectivity index (χ1v) is 7.01. The molecule has 0 aromatic heterocycles. The molecule has 0 bridgehead atoms. The Labute approximate surface area is 106 Å². The van der Waals surface area contributed by atoms with Crippen molar-refractivity contribution in [1.29, 1.82) is 0 Å². The van der Waals surface area contributed by atoms with E-state index in [0.717, 1.165) is 0 Å². The third kappa shape index (κ3) is 2.29. The van der Waals surface area contributed by atoms with Crippen molar-refractivity contribution in [3.05, 3.63) is 18.2 Å². The summed E-state index contributed by atoms with van der Waals surface area (Å²) in [4.78, 5) is 0.0531. The zero-order chi connectivity index (χ0) is 13.3. The Bertz CT molecular complexity index is 544. The number of nitrogens with two attached hydrogens (primary N) is 1. The highest BCUT2D eigenvalue weighted by molar-refractivity contribution is 7.89. The number of hydrogen-bond acceptors (Lipinski definition) is 5. The SMILES string of the molecule is COc1ccc(S(=O)(=O)N2CC[C@@H](O)C2)c(N)c1. The Balaban J connectivity index is 2.36.